The highest BCUT2D eigenvalue weighted by Crippen LogP contribution is 2.16. The number of rotatable bonds is 6. The zero-order valence-corrected chi connectivity index (χ0v) is 15.9. The number of hydrogen-bond acceptors (Lipinski definition) is 2. The number of benzene rings is 2. The average molecular weight is 383 g/mol. The molecule has 0 atom stereocenters. The average Bonchev–Trinajstić information content (AvgIpc) is 3.11. The summed E-state index contributed by atoms with van der Waals surface area (Å²) in [5.41, 5.74) is 2.32. The number of halogens is 2. The minimum Gasteiger partial charge on any atom is -0.356 e. The third-order valence-electron chi connectivity index (χ3n) is 4.40. The van der Waals surface area contributed by atoms with Crippen LogP contribution in [0, 0.1) is 18.6 Å². The van der Waals surface area contributed by atoms with E-state index in [1.807, 2.05) is 13.0 Å². The minimum absolute atomic E-state index is 0.240. The van der Waals surface area contributed by atoms with Crippen LogP contribution in [-0.2, 0) is 13.0 Å². The van der Waals surface area contributed by atoms with Gasteiger partial charge in [0, 0.05) is 32.5 Å². The predicted octanol–water partition coefficient (Wildman–Crippen LogP) is 3.37. The predicted molar refractivity (Wildman–Crippen MR) is 107 cm³/mol. The lowest BCUT2D eigenvalue weighted by atomic mass is 10.1. The van der Waals surface area contributed by atoms with E-state index in [2.05, 4.69) is 20.6 Å². The zero-order chi connectivity index (χ0) is 19.9. The fraction of sp³-hybridized carbons (Fsp3) is 0.238. The summed E-state index contributed by atoms with van der Waals surface area (Å²) in [4.78, 5) is 8.29. The molecule has 3 rings (SSSR count). The van der Waals surface area contributed by atoms with Crippen molar-refractivity contribution in [3.63, 3.8) is 0 Å². The lowest BCUT2D eigenvalue weighted by Crippen LogP contribution is -2.37. The second-order valence-corrected chi connectivity index (χ2v) is 6.36. The molecule has 3 aromatic rings. The highest BCUT2D eigenvalue weighted by molar-refractivity contribution is 5.79. The van der Waals surface area contributed by atoms with Gasteiger partial charge in [-0.1, -0.05) is 18.2 Å². The summed E-state index contributed by atoms with van der Waals surface area (Å²) < 4.78 is 29.1. The number of nitrogens with one attached hydrogen (secondary N) is 2. The monoisotopic (exact) mass is 383 g/mol. The molecule has 0 amide bonds. The lowest BCUT2D eigenvalue weighted by molar-refractivity contribution is 0.613. The summed E-state index contributed by atoms with van der Waals surface area (Å²) in [5, 5.41) is 6.36. The normalized spacial score (nSPS) is 11.5. The SMILES string of the molecule is CN=C(NCCc1ccc(F)cc1)NCc1ccc(-n2ccnc2C)c(F)c1. The van der Waals surface area contributed by atoms with Gasteiger partial charge in [-0.25, -0.2) is 13.8 Å². The first-order valence-electron chi connectivity index (χ1n) is 9.04. The van der Waals surface area contributed by atoms with Crippen LogP contribution in [-0.4, -0.2) is 29.1 Å². The van der Waals surface area contributed by atoms with Crippen LogP contribution in [0.1, 0.15) is 17.0 Å². The number of aromatic nitrogens is 2. The van der Waals surface area contributed by atoms with Gasteiger partial charge in [0.2, 0.25) is 0 Å². The number of guanidine groups is 1. The van der Waals surface area contributed by atoms with Crippen molar-refractivity contribution in [2.24, 2.45) is 4.99 Å². The van der Waals surface area contributed by atoms with Crippen LogP contribution in [0.2, 0.25) is 0 Å². The van der Waals surface area contributed by atoms with Gasteiger partial charge < -0.3 is 15.2 Å². The fourth-order valence-corrected chi connectivity index (χ4v) is 2.87. The summed E-state index contributed by atoms with van der Waals surface area (Å²) in [7, 11) is 1.68. The maximum absolute atomic E-state index is 14.5. The van der Waals surface area contributed by atoms with E-state index in [9.17, 15) is 8.78 Å². The molecule has 0 aliphatic carbocycles. The molecule has 0 spiro atoms. The van der Waals surface area contributed by atoms with Gasteiger partial charge in [0.05, 0.1) is 5.69 Å². The van der Waals surface area contributed by atoms with E-state index in [0.717, 1.165) is 23.4 Å². The Hall–Kier alpha value is -3.22. The van der Waals surface area contributed by atoms with Gasteiger partial charge in [-0.3, -0.25) is 4.99 Å². The third kappa shape index (κ3) is 4.94. The molecule has 1 aromatic heterocycles. The first kappa shape index (κ1) is 19.5. The number of aliphatic imine (C=N–C) groups is 1. The van der Waals surface area contributed by atoms with E-state index in [4.69, 9.17) is 0 Å². The molecule has 2 aromatic carbocycles. The molecule has 2 N–H and O–H groups in total. The molecular formula is C21H23F2N5. The highest BCUT2D eigenvalue weighted by atomic mass is 19.1. The van der Waals surface area contributed by atoms with Gasteiger partial charge in [-0.05, 0) is 48.7 Å². The molecule has 0 radical (unpaired) electrons. The van der Waals surface area contributed by atoms with Crippen LogP contribution >= 0.6 is 0 Å². The van der Waals surface area contributed by atoms with Gasteiger partial charge in [-0.15, -0.1) is 0 Å². The molecular weight excluding hydrogens is 360 g/mol. The van der Waals surface area contributed by atoms with Crippen molar-refractivity contribution >= 4 is 5.96 Å². The van der Waals surface area contributed by atoms with E-state index in [-0.39, 0.29) is 11.6 Å². The molecule has 0 unspecified atom stereocenters. The van der Waals surface area contributed by atoms with E-state index >= 15 is 0 Å². The smallest absolute Gasteiger partial charge is 0.191 e. The Labute approximate surface area is 163 Å². The van der Waals surface area contributed by atoms with Crippen molar-refractivity contribution < 1.29 is 8.78 Å². The van der Waals surface area contributed by atoms with Gasteiger partial charge in [0.25, 0.3) is 0 Å². The molecule has 5 nitrogen and oxygen atoms in total. The second kappa shape index (κ2) is 9.12. The Bertz CT molecular complexity index is 948. The standard InChI is InChI=1S/C21H23F2N5/c1-15-25-11-12-28(15)20-8-5-17(13-19(20)23)14-27-21(24-2)26-10-9-16-3-6-18(22)7-4-16/h3-8,11-13H,9-10,14H2,1-2H3,(H2,24,26,27). The Morgan fingerprint density at radius 3 is 2.46 bits per heavy atom. The molecule has 7 heteroatoms. The van der Waals surface area contributed by atoms with Crippen LogP contribution in [0.25, 0.3) is 5.69 Å². The summed E-state index contributed by atoms with van der Waals surface area (Å²) in [6, 6.07) is 11.5. The van der Waals surface area contributed by atoms with Gasteiger partial charge in [0.15, 0.2) is 5.96 Å². The van der Waals surface area contributed by atoms with Gasteiger partial charge >= 0.3 is 0 Å². The van der Waals surface area contributed by atoms with Crippen LogP contribution in [0.3, 0.4) is 0 Å². The van der Waals surface area contributed by atoms with E-state index in [1.165, 1.54) is 18.2 Å². The largest absolute Gasteiger partial charge is 0.356 e. The Morgan fingerprint density at radius 1 is 1.07 bits per heavy atom. The number of hydrogen-bond donors (Lipinski definition) is 2. The Balaban J connectivity index is 1.52. The van der Waals surface area contributed by atoms with Crippen molar-refractivity contribution in [1.29, 1.82) is 0 Å². The van der Waals surface area contributed by atoms with E-state index in [1.54, 1.807) is 42.2 Å². The minimum atomic E-state index is -0.306. The van der Waals surface area contributed by atoms with Crippen LogP contribution in [0.15, 0.2) is 59.9 Å². The summed E-state index contributed by atoms with van der Waals surface area (Å²) in [5.74, 6) is 0.808. The molecule has 0 fully saturated rings. The summed E-state index contributed by atoms with van der Waals surface area (Å²) >= 11 is 0. The second-order valence-electron chi connectivity index (χ2n) is 6.36. The summed E-state index contributed by atoms with van der Waals surface area (Å²) in [6.07, 6.45) is 4.12. The van der Waals surface area contributed by atoms with Gasteiger partial charge in [-0.2, -0.15) is 0 Å². The quantitative estimate of drug-likeness (QED) is 0.507. The molecule has 0 aliphatic heterocycles. The van der Waals surface area contributed by atoms with E-state index in [0.29, 0.717) is 24.7 Å². The maximum Gasteiger partial charge on any atom is 0.191 e. The molecule has 146 valence electrons. The van der Waals surface area contributed by atoms with Crippen LogP contribution in [0.4, 0.5) is 8.78 Å². The molecule has 0 aliphatic rings. The highest BCUT2D eigenvalue weighted by Gasteiger charge is 2.08. The fourth-order valence-electron chi connectivity index (χ4n) is 2.87. The number of nitrogens with zero attached hydrogens (tertiary/aromatic N) is 3. The maximum atomic E-state index is 14.5. The lowest BCUT2D eigenvalue weighted by Gasteiger charge is -2.13. The first-order valence-corrected chi connectivity index (χ1v) is 9.04. The topological polar surface area (TPSA) is 54.2 Å². The third-order valence-corrected chi connectivity index (χ3v) is 4.40. The summed E-state index contributed by atoms with van der Waals surface area (Å²) in [6.45, 7) is 2.92. The molecule has 0 saturated carbocycles. The Kier molecular flexibility index (Phi) is 6.37. The first-order chi connectivity index (χ1) is 13.6. The molecule has 0 saturated heterocycles. The number of imidazole rings is 1. The number of aryl methyl sites for hydroxylation is 1. The van der Waals surface area contributed by atoms with Crippen molar-refractivity contribution in [3.05, 3.63) is 83.4 Å². The van der Waals surface area contributed by atoms with Crippen LogP contribution < -0.4 is 10.6 Å². The molecule has 0 bridgehead atoms. The van der Waals surface area contributed by atoms with Crippen molar-refractivity contribution in [2.45, 2.75) is 19.9 Å². The van der Waals surface area contributed by atoms with Crippen molar-refractivity contribution in [1.82, 2.24) is 20.2 Å². The van der Waals surface area contributed by atoms with Gasteiger partial charge in [0.1, 0.15) is 17.5 Å². The zero-order valence-electron chi connectivity index (χ0n) is 15.9. The van der Waals surface area contributed by atoms with Crippen LogP contribution in [0.5, 0.6) is 0 Å². The molecule has 28 heavy (non-hydrogen) atoms. The van der Waals surface area contributed by atoms with E-state index < -0.39 is 0 Å². The van der Waals surface area contributed by atoms with Crippen molar-refractivity contribution in [3.8, 4) is 5.69 Å². The molecule has 1 heterocycles. The Morgan fingerprint density at radius 2 is 1.82 bits per heavy atom. The van der Waals surface area contributed by atoms with Crippen molar-refractivity contribution in [2.75, 3.05) is 13.6 Å².